The number of carbonyl (C=O) groups is 3. The Morgan fingerprint density at radius 2 is 1.81 bits per heavy atom. The fourth-order valence-electron chi connectivity index (χ4n) is 2.78. The fraction of sp³-hybridized carbons (Fsp3) is 0.190. The molecule has 0 aliphatic carbocycles. The number of ether oxygens (including phenoxy) is 2. The van der Waals surface area contributed by atoms with Crippen LogP contribution in [-0.2, 0) is 20.9 Å². The number of halogens is 3. The van der Waals surface area contributed by atoms with Gasteiger partial charge in [-0.05, 0) is 82.7 Å². The van der Waals surface area contributed by atoms with Gasteiger partial charge in [0.05, 0.1) is 22.1 Å². The lowest BCUT2D eigenvalue weighted by Crippen LogP contribution is -2.42. The van der Waals surface area contributed by atoms with E-state index in [0.29, 0.717) is 17.9 Å². The van der Waals surface area contributed by atoms with E-state index in [1.807, 2.05) is 24.3 Å². The first-order valence-corrected chi connectivity index (χ1v) is 11.6. The summed E-state index contributed by atoms with van der Waals surface area (Å²) < 4.78 is 11.5. The number of benzene rings is 2. The van der Waals surface area contributed by atoms with Crippen molar-refractivity contribution in [2.45, 2.75) is 19.6 Å². The van der Waals surface area contributed by atoms with Crippen LogP contribution < -0.4 is 4.74 Å². The van der Waals surface area contributed by atoms with Crippen molar-refractivity contribution in [3.63, 3.8) is 0 Å². The summed E-state index contributed by atoms with van der Waals surface area (Å²) in [7, 11) is 1.19. The summed E-state index contributed by atoms with van der Waals surface area (Å²) in [5.41, 5.74) is 1.48. The van der Waals surface area contributed by atoms with Gasteiger partial charge in [-0.2, -0.15) is 0 Å². The molecule has 162 valence electrons. The van der Waals surface area contributed by atoms with Gasteiger partial charge in [0, 0.05) is 3.57 Å². The normalized spacial score (nSPS) is 16.0. The molecule has 0 unspecified atom stereocenters. The molecule has 0 bridgehead atoms. The first kappa shape index (κ1) is 23.9. The lowest BCUT2D eigenvalue weighted by atomic mass is 10.2. The van der Waals surface area contributed by atoms with Gasteiger partial charge in [0.15, 0.2) is 5.75 Å². The second-order valence-corrected chi connectivity index (χ2v) is 9.53. The van der Waals surface area contributed by atoms with Crippen LogP contribution in [0.2, 0.25) is 10.0 Å². The molecule has 0 radical (unpaired) electrons. The number of nitrogens with zero attached hydrogens (tertiary/aromatic N) is 1. The van der Waals surface area contributed by atoms with Crippen LogP contribution in [-0.4, -0.2) is 35.2 Å². The van der Waals surface area contributed by atoms with Crippen LogP contribution in [0.1, 0.15) is 18.1 Å². The highest BCUT2D eigenvalue weighted by molar-refractivity contribution is 14.1. The number of amides is 2. The van der Waals surface area contributed by atoms with E-state index in [4.69, 9.17) is 27.9 Å². The molecule has 0 aromatic heterocycles. The topological polar surface area (TPSA) is 72.9 Å². The molecule has 2 aromatic carbocycles. The Kier molecular flexibility index (Phi) is 7.90. The van der Waals surface area contributed by atoms with Crippen LogP contribution in [0.15, 0.2) is 41.3 Å². The zero-order valence-electron chi connectivity index (χ0n) is 16.4. The summed E-state index contributed by atoms with van der Waals surface area (Å²) in [4.78, 5) is 37.6. The SMILES string of the molecule is COC(=O)[C@@H](C)N1C(=O)S/C(=C/c2cc(Cl)c(OCc3ccc(I)cc3)c(Cl)c2)C1=O. The van der Waals surface area contributed by atoms with Crippen LogP contribution in [0.25, 0.3) is 6.08 Å². The minimum absolute atomic E-state index is 0.153. The monoisotopic (exact) mass is 591 g/mol. The van der Waals surface area contributed by atoms with Gasteiger partial charge < -0.3 is 9.47 Å². The van der Waals surface area contributed by atoms with Crippen molar-refractivity contribution in [2.75, 3.05) is 7.11 Å². The standard InChI is InChI=1S/C21H16Cl2INO5S/c1-11(20(27)29-2)25-19(26)17(31-21(25)28)9-13-7-15(22)18(16(23)8-13)30-10-12-3-5-14(24)6-4-12/h3-9,11H,10H2,1-2H3/b17-9+/t11-/m1/s1. The molecule has 1 atom stereocenters. The van der Waals surface area contributed by atoms with E-state index in [1.165, 1.54) is 20.1 Å². The van der Waals surface area contributed by atoms with Crippen molar-refractivity contribution in [2.24, 2.45) is 0 Å². The summed E-state index contributed by atoms with van der Waals surface area (Å²) in [5.74, 6) is -0.935. The number of methoxy groups -OCH3 is 1. The second kappa shape index (κ2) is 10.2. The van der Waals surface area contributed by atoms with Gasteiger partial charge in [0.25, 0.3) is 11.1 Å². The van der Waals surface area contributed by atoms with E-state index in [1.54, 1.807) is 12.1 Å². The van der Waals surface area contributed by atoms with Gasteiger partial charge in [-0.25, -0.2) is 4.79 Å². The highest BCUT2D eigenvalue weighted by atomic mass is 127. The van der Waals surface area contributed by atoms with Crippen LogP contribution in [0.5, 0.6) is 5.75 Å². The average molecular weight is 592 g/mol. The number of hydrogen-bond donors (Lipinski definition) is 0. The summed E-state index contributed by atoms with van der Waals surface area (Å²) in [6.45, 7) is 1.72. The van der Waals surface area contributed by atoms with E-state index < -0.39 is 23.2 Å². The molecule has 6 nitrogen and oxygen atoms in total. The molecule has 2 amide bonds. The Bertz CT molecular complexity index is 1050. The van der Waals surface area contributed by atoms with Gasteiger partial charge in [0.1, 0.15) is 12.6 Å². The maximum absolute atomic E-state index is 12.6. The van der Waals surface area contributed by atoms with E-state index in [0.717, 1.165) is 25.8 Å². The van der Waals surface area contributed by atoms with Crippen molar-refractivity contribution < 1.29 is 23.9 Å². The maximum Gasteiger partial charge on any atom is 0.328 e. The molecule has 1 heterocycles. The Hall–Kier alpha value is -1.75. The zero-order chi connectivity index (χ0) is 22.7. The molecule has 0 N–H and O–H groups in total. The van der Waals surface area contributed by atoms with Gasteiger partial charge in [-0.1, -0.05) is 35.3 Å². The van der Waals surface area contributed by atoms with Crippen molar-refractivity contribution in [3.05, 3.63) is 66.0 Å². The van der Waals surface area contributed by atoms with Crippen molar-refractivity contribution >= 4 is 80.7 Å². The smallest absolute Gasteiger partial charge is 0.328 e. The summed E-state index contributed by atoms with van der Waals surface area (Å²) >= 11 is 15.6. The third-order valence-corrected chi connectivity index (χ3v) is 6.53. The zero-order valence-corrected chi connectivity index (χ0v) is 20.8. The number of rotatable bonds is 6. The maximum atomic E-state index is 12.6. The van der Waals surface area contributed by atoms with E-state index in [9.17, 15) is 14.4 Å². The third kappa shape index (κ3) is 5.54. The Labute approximate surface area is 207 Å². The summed E-state index contributed by atoms with van der Waals surface area (Å²) in [6, 6.07) is 10.0. The predicted octanol–water partition coefficient (Wildman–Crippen LogP) is 5.77. The lowest BCUT2D eigenvalue weighted by Gasteiger charge is -2.18. The van der Waals surface area contributed by atoms with Gasteiger partial charge in [-0.15, -0.1) is 0 Å². The van der Waals surface area contributed by atoms with Gasteiger partial charge >= 0.3 is 5.97 Å². The number of carbonyl (C=O) groups excluding carboxylic acids is 3. The largest absolute Gasteiger partial charge is 0.486 e. The van der Waals surface area contributed by atoms with Crippen LogP contribution >= 0.6 is 57.6 Å². The number of hydrogen-bond acceptors (Lipinski definition) is 6. The number of esters is 1. The molecular formula is C21H16Cl2INO5S. The molecule has 1 aliphatic heterocycles. The van der Waals surface area contributed by atoms with E-state index in [2.05, 4.69) is 27.3 Å². The van der Waals surface area contributed by atoms with Gasteiger partial charge in [-0.3, -0.25) is 14.5 Å². The summed E-state index contributed by atoms with van der Waals surface area (Å²) in [6.07, 6.45) is 1.50. The number of thioether (sulfide) groups is 1. The predicted molar refractivity (Wildman–Crippen MR) is 129 cm³/mol. The van der Waals surface area contributed by atoms with E-state index in [-0.39, 0.29) is 15.0 Å². The molecule has 0 spiro atoms. The second-order valence-electron chi connectivity index (χ2n) is 6.48. The van der Waals surface area contributed by atoms with Crippen molar-refractivity contribution in [1.29, 1.82) is 0 Å². The third-order valence-electron chi connectivity index (χ3n) is 4.37. The molecule has 2 aromatic rings. The van der Waals surface area contributed by atoms with Crippen LogP contribution in [0.4, 0.5) is 4.79 Å². The van der Waals surface area contributed by atoms with Gasteiger partial charge in [0.2, 0.25) is 0 Å². The highest BCUT2D eigenvalue weighted by Gasteiger charge is 2.41. The molecular weight excluding hydrogens is 576 g/mol. The van der Waals surface area contributed by atoms with E-state index >= 15 is 0 Å². The highest BCUT2D eigenvalue weighted by Crippen LogP contribution is 2.38. The molecule has 10 heteroatoms. The molecule has 1 fully saturated rings. The quantitative estimate of drug-likeness (QED) is 0.241. The Balaban J connectivity index is 1.78. The average Bonchev–Trinajstić information content (AvgIpc) is 3.00. The minimum atomic E-state index is -1.02. The minimum Gasteiger partial charge on any atom is -0.486 e. The first-order valence-electron chi connectivity index (χ1n) is 8.92. The molecule has 3 rings (SSSR count). The van der Waals surface area contributed by atoms with Crippen molar-refractivity contribution in [3.8, 4) is 5.75 Å². The Morgan fingerprint density at radius 3 is 2.39 bits per heavy atom. The Morgan fingerprint density at radius 1 is 1.19 bits per heavy atom. The van der Waals surface area contributed by atoms with Crippen molar-refractivity contribution in [1.82, 2.24) is 4.90 Å². The lowest BCUT2D eigenvalue weighted by molar-refractivity contribution is -0.148. The fourth-order valence-corrected chi connectivity index (χ4v) is 4.66. The summed E-state index contributed by atoms with van der Waals surface area (Å²) in [5, 5.41) is -0.0124. The molecule has 1 aliphatic rings. The number of imide groups is 1. The molecule has 1 saturated heterocycles. The van der Waals surface area contributed by atoms with Crippen LogP contribution in [0.3, 0.4) is 0 Å². The molecule has 0 saturated carbocycles. The van der Waals surface area contributed by atoms with Crippen LogP contribution in [0, 0.1) is 3.57 Å². The molecule has 31 heavy (non-hydrogen) atoms. The first-order chi connectivity index (χ1) is 14.7.